The van der Waals surface area contributed by atoms with E-state index in [9.17, 15) is 14.7 Å². The number of carbonyl (C=O) groups is 2. The number of benzene rings is 1. The van der Waals surface area contributed by atoms with Crippen molar-refractivity contribution in [1.82, 2.24) is 0 Å². The van der Waals surface area contributed by atoms with Crippen molar-refractivity contribution in [3.63, 3.8) is 0 Å². The molecule has 4 heteroatoms. The Balaban J connectivity index is 2.42. The summed E-state index contributed by atoms with van der Waals surface area (Å²) in [5, 5.41) is 9.38. The van der Waals surface area contributed by atoms with Gasteiger partial charge in [0.2, 0.25) is 11.6 Å². The molecule has 0 amide bonds. The lowest BCUT2D eigenvalue weighted by Crippen LogP contribution is -2.29. The molecule has 1 aliphatic heterocycles. The van der Waals surface area contributed by atoms with Crippen LogP contribution in [0.5, 0.6) is 0 Å². The highest BCUT2D eigenvalue weighted by molar-refractivity contribution is 6.52. The summed E-state index contributed by atoms with van der Waals surface area (Å²) in [6, 6.07) is 3.63. The van der Waals surface area contributed by atoms with Crippen LogP contribution in [0.25, 0.3) is 5.76 Å². The van der Waals surface area contributed by atoms with E-state index in [1.54, 1.807) is 13.0 Å². The van der Waals surface area contributed by atoms with Crippen molar-refractivity contribution in [1.29, 1.82) is 0 Å². The molecule has 1 N–H and O–H groups in total. The van der Waals surface area contributed by atoms with Gasteiger partial charge in [0.25, 0.3) is 0 Å². The average Bonchev–Trinajstić information content (AvgIpc) is 2.43. The van der Waals surface area contributed by atoms with Crippen LogP contribution in [-0.2, 0) is 16.1 Å². The number of aliphatic hydroxyl groups is 1. The molecule has 1 aromatic carbocycles. The van der Waals surface area contributed by atoms with Gasteiger partial charge in [-0.05, 0) is 18.1 Å². The van der Waals surface area contributed by atoms with E-state index in [1.807, 2.05) is 13.0 Å². The van der Waals surface area contributed by atoms with Crippen LogP contribution in [0.2, 0.25) is 0 Å². The van der Waals surface area contributed by atoms with Gasteiger partial charge in [-0.25, -0.2) is 0 Å². The summed E-state index contributed by atoms with van der Waals surface area (Å²) in [7, 11) is 0. The number of aliphatic hydroxyl groups excluding tert-OH is 1. The zero-order valence-corrected chi connectivity index (χ0v) is 10.8. The van der Waals surface area contributed by atoms with Gasteiger partial charge in [0.1, 0.15) is 5.76 Å². The number of hydrogen-bond acceptors (Lipinski definition) is 4. The summed E-state index contributed by atoms with van der Waals surface area (Å²) < 4.78 is 5.65. The third kappa shape index (κ3) is 1.50. The van der Waals surface area contributed by atoms with Gasteiger partial charge in [-0.1, -0.05) is 19.1 Å². The number of ether oxygens (including phenoxy) is 1. The van der Waals surface area contributed by atoms with Crippen LogP contribution in [0, 0.1) is 0 Å². The zero-order chi connectivity index (χ0) is 13.7. The number of carbonyl (C=O) groups excluding carboxylic acids is 2. The third-order valence-electron chi connectivity index (χ3n) is 3.84. The largest absolute Gasteiger partial charge is 0.492 e. The lowest BCUT2D eigenvalue weighted by atomic mass is 9.79. The third-order valence-corrected chi connectivity index (χ3v) is 3.84. The van der Waals surface area contributed by atoms with Gasteiger partial charge in [-0.2, -0.15) is 0 Å². The SMILES string of the molecule is CC1=C2OCC(C)c3ccc(CO)c(c32)C(=O)C1=O. The first-order valence-corrected chi connectivity index (χ1v) is 6.26. The predicted molar refractivity (Wildman–Crippen MR) is 68.7 cm³/mol. The molecule has 0 spiro atoms. The summed E-state index contributed by atoms with van der Waals surface area (Å²) >= 11 is 0. The van der Waals surface area contributed by atoms with Crippen molar-refractivity contribution in [3.8, 4) is 0 Å². The van der Waals surface area contributed by atoms with Crippen molar-refractivity contribution in [2.24, 2.45) is 0 Å². The second kappa shape index (κ2) is 4.03. The highest BCUT2D eigenvalue weighted by atomic mass is 16.5. The second-order valence-electron chi connectivity index (χ2n) is 5.05. The van der Waals surface area contributed by atoms with E-state index in [-0.39, 0.29) is 12.5 Å². The van der Waals surface area contributed by atoms with E-state index in [2.05, 4.69) is 0 Å². The molecule has 0 saturated carbocycles. The molecule has 2 aliphatic rings. The first-order chi connectivity index (χ1) is 9.06. The molecule has 1 atom stereocenters. The Morgan fingerprint density at radius 2 is 2.00 bits per heavy atom. The number of ketones is 2. The second-order valence-corrected chi connectivity index (χ2v) is 5.05. The molecule has 19 heavy (non-hydrogen) atoms. The molecule has 4 nitrogen and oxygen atoms in total. The molecule has 1 unspecified atom stereocenters. The fourth-order valence-electron chi connectivity index (χ4n) is 2.76. The Morgan fingerprint density at radius 3 is 2.68 bits per heavy atom. The highest BCUT2D eigenvalue weighted by Crippen LogP contribution is 2.41. The minimum atomic E-state index is -0.542. The first kappa shape index (κ1) is 12.1. The van der Waals surface area contributed by atoms with Crippen LogP contribution in [-0.4, -0.2) is 23.3 Å². The Kier molecular flexibility index (Phi) is 2.57. The summed E-state index contributed by atoms with van der Waals surface area (Å²) in [6.07, 6.45) is 0. The van der Waals surface area contributed by atoms with Crippen LogP contribution < -0.4 is 0 Å². The standard InChI is InChI=1S/C15H14O4/c1-7-6-19-15-8(2)13(17)14(18)11-9(5-16)3-4-10(7)12(11)15/h3-4,7,16H,5-6H2,1-2H3. The molecular weight excluding hydrogens is 244 g/mol. The Labute approximate surface area is 110 Å². The van der Waals surface area contributed by atoms with Crippen molar-refractivity contribution in [3.05, 3.63) is 40.0 Å². The van der Waals surface area contributed by atoms with E-state index in [0.717, 1.165) is 5.56 Å². The van der Waals surface area contributed by atoms with Crippen LogP contribution >= 0.6 is 0 Å². The Hall–Kier alpha value is -1.94. The van der Waals surface area contributed by atoms with E-state index in [0.29, 0.717) is 34.6 Å². The van der Waals surface area contributed by atoms with Gasteiger partial charge in [0.15, 0.2) is 0 Å². The van der Waals surface area contributed by atoms with Crippen molar-refractivity contribution in [2.45, 2.75) is 26.4 Å². The van der Waals surface area contributed by atoms with Gasteiger partial charge >= 0.3 is 0 Å². The van der Waals surface area contributed by atoms with Gasteiger partial charge in [0, 0.05) is 22.6 Å². The van der Waals surface area contributed by atoms with E-state index in [4.69, 9.17) is 4.74 Å². The normalized spacial score (nSPS) is 21.3. The fraction of sp³-hybridized carbons (Fsp3) is 0.333. The van der Waals surface area contributed by atoms with Crippen molar-refractivity contribution in [2.75, 3.05) is 6.61 Å². The molecule has 1 aromatic rings. The average molecular weight is 258 g/mol. The summed E-state index contributed by atoms with van der Waals surface area (Å²) in [4.78, 5) is 24.2. The quantitative estimate of drug-likeness (QED) is 0.780. The summed E-state index contributed by atoms with van der Waals surface area (Å²) in [6.45, 7) is 3.87. The predicted octanol–water partition coefficient (Wildman–Crippen LogP) is 1.81. The smallest absolute Gasteiger partial charge is 0.234 e. The topological polar surface area (TPSA) is 63.6 Å². The molecule has 1 aliphatic carbocycles. The zero-order valence-electron chi connectivity index (χ0n) is 10.8. The van der Waals surface area contributed by atoms with Crippen LogP contribution in [0.1, 0.15) is 46.8 Å². The van der Waals surface area contributed by atoms with E-state index < -0.39 is 11.6 Å². The minimum Gasteiger partial charge on any atom is -0.492 e. The summed E-state index contributed by atoms with van der Waals surface area (Å²) in [5.41, 5.74) is 2.87. The van der Waals surface area contributed by atoms with Crippen molar-refractivity contribution >= 4 is 17.3 Å². The fourth-order valence-corrected chi connectivity index (χ4v) is 2.76. The monoisotopic (exact) mass is 258 g/mol. The van der Waals surface area contributed by atoms with Gasteiger partial charge in [0.05, 0.1) is 13.2 Å². The molecule has 3 rings (SSSR count). The molecule has 0 radical (unpaired) electrons. The molecule has 1 heterocycles. The number of allylic oxidation sites excluding steroid dienone is 1. The van der Waals surface area contributed by atoms with E-state index in [1.165, 1.54) is 0 Å². The van der Waals surface area contributed by atoms with Crippen LogP contribution in [0.4, 0.5) is 0 Å². The van der Waals surface area contributed by atoms with Crippen LogP contribution in [0.3, 0.4) is 0 Å². The number of rotatable bonds is 1. The van der Waals surface area contributed by atoms with Gasteiger partial charge < -0.3 is 9.84 Å². The van der Waals surface area contributed by atoms with Crippen molar-refractivity contribution < 1.29 is 19.4 Å². The molecule has 0 fully saturated rings. The Bertz CT molecular complexity index is 640. The molecule has 0 bridgehead atoms. The lowest BCUT2D eigenvalue weighted by Gasteiger charge is -2.31. The lowest BCUT2D eigenvalue weighted by molar-refractivity contribution is -0.112. The van der Waals surface area contributed by atoms with Crippen LogP contribution in [0.15, 0.2) is 17.7 Å². The molecule has 0 saturated heterocycles. The van der Waals surface area contributed by atoms with Gasteiger partial charge in [-0.3, -0.25) is 9.59 Å². The van der Waals surface area contributed by atoms with E-state index >= 15 is 0 Å². The number of Topliss-reactive ketones (excluding diaryl/α,β-unsaturated/α-hetero) is 2. The Morgan fingerprint density at radius 1 is 1.26 bits per heavy atom. The molecule has 0 aromatic heterocycles. The van der Waals surface area contributed by atoms with Gasteiger partial charge in [-0.15, -0.1) is 0 Å². The molecular formula is C15H14O4. The first-order valence-electron chi connectivity index (χ1n) is 6.26. The maximum atomic E-state index is 12.2. The maximum absolute atomic E-state index is 12.2. The highest BCUT2D eigenvalue weighted by Gasteiger charge is 2.38. The molecule has 98 valence electrons. The maximum Gasteiger partial charge on any atom is 0.234 e. The minimum absolute atomic E-state index is 0.166. The number of hydrogen-bond donors (Lipinski definition) is 1. The summed E-state index contributed by atoms with van der Waals surface area (Å²) in [5.74, 6) is -0.411.